The lowest BCUT2D eigenvalue weighted by atomic mass is 10.2. The first-order chi connectivity index (χ1) is 14.0. The molecule has 7 heteroatoms. The lowest BCUT2D eigenvalue weighted by Gasteiger charge is -2.22. The van der Waals surface area contributed by atoms with Crippen LogP contribution < -0.4 is 10.2 Å². The lowest BCUT2D eigenvalue weighted by molar-refractivity contribution is -0.118. The largest absolute Gasteiger partial charge is 0.325 e. The van der Waals surface area contributed by atoms with E-state index >= 15 is 0 Å². The Morgan fingerprint density at radius 1 is 1.24 bits per heavy atom. The number of thiazole rings is 1. The van der Waals surface area contributed by atoms with E-state index in [0.29, 0.717) is 6.42 Å². The fraction of sp³-hybridized carbons (Fsp3) is 0.318. The first-order valence-corrected chi connectivity index (χ1v) is 10.6. The molecule has 0 aliphatic carbocycles. The summed E-state index contributed by atoms with van der Waals surface area (Å²) in [4.78, 5) is 32.8. The van der Waals surface area contributed by atoms with E-state index in [2.05, 4.69) is 18.3 Å². The summed E-state index contributed by atoms with van der Waals surface area (Å²) in [6.45, 7) is 3.09. The molecule has 1 aromatic heterocycles. The van der Waals surface area contributed by atoms with E-state index in [0.717, 1.165) is 39.6 Å². The molecule has 1 atom stereocenters. The van der Waals surface area contributed by atoms with Gasteiger partial charge >= 0.3 is 0 Å². The van der Waals surface area contributed by atoms with Crippen LogP contribution in [0.2, 0.25) is 0 Å². The highest BCUT2D eigenvalue weighted by Gasteiger charge is 2.22. The van der Waals surface area contributed by atoms with Crippen molar-refractivity contribution in [1.82, 2.24) is 9.88 Å². The monoisotopic (exact) mass is 408 g/mol. The van der Waals surface area contributed by atoms with Crippen molar-refractivity contribution in [1.29, 1.82) is 0 Å². The van der Waals surface area contributed by atoms with Crippen LogP contribution in [0.1, 0.15) is 30.8 Å². The molecule has 2 amide bonds. The molecule has 0 bridgehead atoms. The van der Waals surface area contributed by atoms with Gasteiger partial charge < -0.3 is 10.2 Å². The number of rotatable bonds is 6. The molecule has 1 saturated heterocycles. The number of anilines is 2. The molecule has 0 radical (unpaired) electrons. The molecule has 3 aromatic rings. The summed E-state index contributed by atoms with van der Waals surface area (Å²) in [6.07, 6.45) is 1.51. The zero-order valence-electron chi connectivity index (χ0n) is 16.6. The third-order valence-corrected chi connectivity index (χ3v) is 6.46. The van der Waals surface area contributed by atoms with Crippen molar-refractivity contribution in [3.05, 3.63) is 53.5 Å². The maximum Gasteiger partial charge on any atom is 0.238 e. The molecule has 4 rings (SSSR count). The molecule has 29 heavy (non-hydrogen) atoms. The van der Waals surface area contributed by atoms with Crippen molar-refractivity contribution in [3.63, 3.8) is 0 Å². The molecule has 150 valence electrons. The molecule has 0 saturated carbocycles. The SMILES string of the molecule is C[C@@H](c1nc2ccccc2s1)N(C)CC(=O)Nc1ccc(N2CCCC2=O)cc1. The highest BCUT2D eigenvalue weighted by Crippen LogP contribution is 2.29. The maximum absolute atomic E-state index is 12.5. The molecule has 1 fully saturated rings. The number of hydrogen-bond acceptors (Lipinski definition) is 5. The van der Waals surface area contributed by atoms with Crippen LogP contribution in [-0.4, -0.2) is 41.8 Å². The van der Waals surface area contributed by atoms with E-state index in [1.165, 1.54) is 0 Å². The molecule has 1 N–H and O–H groups in total. The second-order valence-electron chi connectivity index (χ2n) is 7.35. The summed E-state index contributed by atoms with van der Waals surface area (Å²) in [7, 11) is 1.93. The van der Waals surface area contributed by atoms with Gasteiger partial charge in [0.1, 0.15) is 5.01 Å². The smallest absolute Gasteiger partial charge is 0.238 e. The van der Waals surface area contributed by atoms with Crippen molar-refractivity contribution in [2.75, 3.05) is 30.4 Å². The van der Waals surface area contributed by atoms with Crippen LogP contribution in [0.3, 0.4) is 0 Å². The van der Waals surface area contributed by atoms with Gasteiger partial charge in [-0.25, -0.2) is 4.98 Å². The second-order valence-corrected chi connectivity index (χ2v) is 8.42. The van der Waals surface area contributed by atoms with E-state index in [-0.39, 0.29) is 24.4 Å². The van der Waals surface area contributed by atoms with Crippen molar-refractivity contribution < 1.29 is 9.59 Å². The van der Waals surface area contributed by atoms with Crippen molar-refractivity contribution in [2.45, 2.75) is 25.8 Å². The topological polar surface area (TPSA) is 65.5 Å². The highest BCUT2D eigenvalue weighted by atomic mass is 32.1. The van der Waals surface area contributed by atoms with E-state index in [4.69, 9.17) is 4.98 Å². The number of nitrogens with one attached hydrogen (secondary N) is 1. The zero-order chi connectivity index (χ0) is 20.4. The van der Waals surface area contributed by atoms with E-state index in [1.54, 1.807) is 16.2 Å². The van der Waals surface area contributed by atoms with Gasteiger partial charge in [0.2, 0.25) is 11.8 Å². The van der Waals surface area contributed by atoms with Gasteiger partial charge in [0.15, 0.2) is 0 Å². The number of likely N-dealkylation sites (N-methyl/N-ethyl adjacent to an activating group) is 1. The van der Waals surface area contributed by atoms with Gasteiger partial charge in [0, 0.05) is 24.3 Å². The summed E-state index contributed by atoms with van der Waals surface area (Å²) in [5, 5.41) is 3.93. The quantitative estimate of drug-likeness (QED) is 0.668. The Labute approximate surface area is 174 Å². The Morgan fingerprint density at radius 2 is 2.00 bits per heavy atom. The average Bonchev–Trinajstić information content (AvgIpc) is 3.34. The number of carbonyl (C=O) groups is 2. The predicted octanol–water partition coefficient (Wildman–Crippen LogP) is 4.05. The third kappa shape index (κ3) is 4.31. The summed E-state index contributed by atoms with van der Waals surface area (Å²) in [6, 6.07) is 15.6. The van der Waals surface area contributed by atoms with Crippen LogP contribution in [0.25, 0.3) is 10.2 Å². The van der Waals surface area contributed by atoms with Gasteiger partial charge in [-0.15, -0.1) is 11.3 Å². The standard InChI is InChI=1S/C22H24N4O2S/c1-15(22-24-18-6-3-4-7-19(18)29-22)25(2)14-20(27)23-16-9-11-17(12-10-16)26-13-5-8-21(26)28/h3-4,6-7,9-12,15H,5,8,13-14H2,1-2H3,(H,23,27)/t15-/m0/s1. The Kier molecular flexibility index (Phi) is 5.60. The summed E-state index contributed by atoms with van der Waals surface area (Å²) >= 11 is 1.66. The minimum Gasteiger partial charge on any atom is -0.325 e. The van der Waals surface area contributed by atoms with Gasteiger partial charge in [0.05, 0.1) is 22.8 Å². The molecule has 0 unspecified atom stereocenters. The number of benzene rings is 2. The van der Waals surface area contributed by atoms with E-state index < -0.39 is 0 Å². The van der Waals surface area contributed by atoms with Crippen LogP contribution >= 0.6 is 11.3 Å². The Morgan fingerprint density at radius 3 is 2.69 bits per heavy atom. The lowest BCUT2D eigenvalue weighted by Crippen LogP contribution is -2.32. The van der Waals surface area contributed by atoms with Crippen LogP contribution in [0.5, 0.6) is 0 Å². The maximum atomic E-state index is 12.5. The normalized spacial score (nSPS) is 15.3. The molecule has 1 aliphatic rings. The Bertz CT molecular complexity index is 998. The average molecular weight is 409 g/mol. The second kappa shape index (κ2) is 8.31. The molecule has 2 aromatic carbocycles. The number of hydrogen-bond donors (Lipinski definition) is 1. The molecule has 0 spiro atoms. The molecule has 1 aliphatic heterocycles. The van der Waals surface area contributed by atoms with Gasteiger partial charge in [0.25, 0.3) is 0 Å². The summed E-state index contributed by atoms with van der Waals surface area (Å²) in [5.74, 6) is 0.0812. The van der Waals surface area contributed by atoms with Crippen LogP contribution in [0.15, 0.2) is 48.5 Å². The van der Waals surface area contributed by atoms with Gasteiger partial charge in [-0.3, -0.25) is 14.5 Å². The zero-order valence-corrected chi connectivity index (χ0v) is 17.4. The Balaban J connectivity index is 1.35. The first-order valence-electron chi connectivity index (χ1n) is 9.77. The summed E-state index contributed by atoms with van der Waals surface area (Å²) < 4.78 is 1.16. The van der Waals surface area contributed by atoms with Gasteiger partial charge in [-0.1, -0.05) is 12.1 Å². The molecule has 2 heterocycles. The van der Waals surface area contributed by atoms with Crippen LogP contribution in [-0.2, 0) is 9.59 Å². The molecular weight excluding hydrogens is 384 g/mol. The number of aromatic nitrogens is 1. The van der Waals surface area contributed by atoms with Crippen molar-refractivity contribution in [2.24, 2.45) is 0 Å². The summed E-state index contributed by atoms with van der Waals surface area (Å²) in [5.41, 5.74) is 2.60. The minimum absolute atomic E-state index is 0.0432. The fourth-order valence-electron chi connectivity index (χ4n) is 3.47. The Hall–Kier alpha value is -2.77. The van der Waals surface area contributed by atoms with Crippen molar-refractivity contribution in [3.8, 4) is 0 Å². The van der Waals surface area contributed by atoms with Gasteiger partial charge in [-0.05, 0) is 56.8 Å². The number of para-hydroxylation sites is 1. The predicted molar refractivity (Wildman–Crippen MR) is 117 cm³/mol. The van der Waals surface area contributed by atoms with Crippen LogP contribution in [0, 0.1) is 0 Å². The van der Waals surface area contributed by atoms with E-state index in [1.807, 2.05) is 54.4 Å². The highest BCUT2D eigenvalue weighted by molar-refractivity contribution is 7.18. The van der Waals surface area contributed by atoms with Gasteiger partial charge in [-0.2, -0.15) is 0 Å². The first kappa shape index (κ1) is 19.5. The number of nitrogens with zero attached hydrogens (tertiary/aromatic N) is 3. The van der Waals surface area contributed by atoms with Crippen LogP contribution in [0.4, 0.5) is 11.4 Å². The number of amides is 2. The third-order valence-electron chi connectivity index (χ3n) is 5.26. The number of carbonyl (C=O) groups excluding carboxylic acids is 2. The van der Waals surface area contributed by atoms with Crippen molar-refractivity contribution >= 4 is 44.7 Å². The van der Waals surface area contributed by atoms with E-state index in [9.17, 15) is 9.59 Å². The number of fused-ring (bicyclic) bond motifs is 1. The minimum atomic E-state index is -0.0783. The fourth-order valence-corrected chi connectivity index (χ4v) is 4.55. The molecular formula is C22H24N4O2S. The molecule has 6 nitrogen and oxygen atoms in total.